The van der Waals surface area contributed by atoms with Gasteiger partial charge in [0.1, 0.15) is 12.0 Å². The Bertz CT molecular complexity index is 708. The highest BCUT2D eigenvalue weighted by molar-refractivity contribution is 7.09. The van der Waals surface area contributed by atoms with Crippen molar-refractivity contribution in [1.29, 1.82) is 0 Å². The molecule has 0 bridgehead atoms. The fourth-order valence-electron chi connectivity index (χ4n) is 2.23. The molecule has 1 aliphatic rings. The van der Waals surface area contributed by atoms with E-state index in [1.807, 2.05) is 12.3 Å². The molecule has 7 nitrogen and oxygen atoms in total. The number of rotatable bonds is 3. The Balaban J connectivity index is 1.75. The summed E-state index contributed by atoms with van der Waals surface area (Å²) in [6, 6.07) is 1.63. The third-order valence-corrected chi connectivity index (χ3v) is 4.12. The Morgan fingerprint density at radius 2 is 2.32 bits per heavy atom. The van der Waals surface area contributed by atoms with Crippen LogP contribution in [0.3, 0.4) is 0 Å². The first kappa shape index (κ1) is 14.7. The van der Waals surface area contributed by atoms with E-state index in [0.717, 1.165) is 5.01 Å². The van der Waals surface area contributed by atoms with Gasteiger partial charge in [0.25, 0.3) is 5.91 Å². The molecule has 22 heavy (non-hydrogen) atoms. The van der Waals surface area contributed by atoms with Crippen LogP contribution in [0.15, 0.2) is 22.1 Å². The molecule has 3 rings (SSSR count). The molecule has 1 saturated heterocycles. The van der Waals surface area contributed by atoms with Crippen LogP contribution >= 0.6 is 11.3 Å². The molecular formula is C14H14N2O5S. The molecule has 116 valence electrons. The molecule has 0 radical (unpaired) electrons. The molecular weight excluding hydrogens is 308 g/mol. The van der Waals surface area contributed by atoms with Crippen LogP contribution in [0.2, 0.25) is 0 Å². The molecule has 1 aliphatic heterocycles. The van der Waals surface area contributed by atoms with Gasteiger partial charge in [-0.15, -0.1) is 11.3 Å². The van der Waals surface area contributed by atoms with E-state index in [2.05, 4.69) is 4.98 Å². The summed E-state index contributed by atoms with van der Waals surface area (Å²) in [5.41, 5.74) is 1.07. The van der Waals surface area contributed by atoms with Gasteiger partial charge >= 0.3 is 5.97 Å². The third-order valence-electron chi connectivity index (χ3n) is 3.35. The summed E-state index contributed by atoms with van der Waals surface area (Å²) < 4.78 is 10.5. The average Bonchev–Trinajstić information content (AvgIpc) is 3.15. The Labute approximate surface area is 130 Å². The number of carbonyl (C=O) groups is 2. The second-order valence-corrected chi connectivity index (χ2v) is 5.96. The van der Waals surface area contributed by atoms with Gasteiger partial charge in [0.2, 0.25) is 0 Å². The standard InChI is InChI=1S/C14H14N2O5S/c1-8-15-10(7-22-8)11-4-9(6-21-11)13(17)16-2-3-20-12(5-16)14(18)19/h4,6-7,12H,2-3,5H2,1H3,(H,18,19)/t12-/m1/s1. The summed E-state index contributed by atoms with van der Waals surface area (Å²) in [7, 11) is 0. The van der Waals surface area contributed by atoms with Gasteiger partial charge in [-0.1, -0.05) is 0 Å². The van der Waals surface area contributed by atoms with Crippen LogP contribution in [0.5, 0.6) is 0 Å². The number of aliphatic carboxylic acids is 1. The van der Waals surface area contributed by atoms with Crippen molar-refractivity contribution < 1.29 is 23.8 Å². The number of aryl methyl sites for hydroxylation is 1. The summed E-state index contributed by atoms with van der Waals surface area (Å²) in [6.07, 6.45) is 0.391. The van der Waals surface area contributed by atoms with Gasteiger partial charge in [-0.25, -0.2) is 9.78 Å². The molecule has 1 N–H and O–H groups in total. The van der Waals surface area contributed by atoms with Crippen molar-refractivity contribution in [2.24, 2.45) is 0 Å². The number of amides is 1. The summed E-state index contributed by atoms with van der Waals surface area (Å²) >= 11 is 1.50. The minimum Gasteiger partial charge on any atom is -0.479 e. The highest BCUT2D eigenvalue weighted by Crippen LogP contribution is 2.24. The summed E-state index contributed by atoms with van der Waals surface area (Å²) in [4.78, 5) is 29.1. The van der Waals surface area contributed by atoms with Crippen molar-refractivity contribution in [2.75, 3.05) is 19.7 Å². The zero-order chi connectivity index (χ0) is 15.7. The number of hydrogen-bond acceptors (Lipinski definition) is 6. The van der Waals surface area contributed by atoms with Crippen molar-refractivity contribution in [2.45, 2.75) is 13.0 Å². The lowest BCUT2D eigenvalue weighted by Gasteiger charge is -2.30. The second-order valence-electron chi connectivity index (χ2n) is 4.90. The number of nitrogens with zero attached hydrogens (tertiary/aromatic N) is 2. The highest BCUT2D eigenvalue weighted by atomic mass is 32.1. The summed E-state index contributed by atoms with van der Waals surface area (Å²) in [6.45, 7) is 2.49. The van der Waals surface area contributed by atoms with Crippen molar-refractivity contribution >= 4 is 23.2 Å². The number of morpholine rings is 1. The van der Waals surface area contributed by atoms with E-state index in [1.165, 1.54) is 22.5 Å². The molecule has 1 amide bonds. The number of carboxylic acids is 1. The molecule has 1 atom stereocenters. The van der Waals surface area contributed by atoms with Crippen LogP contribution in [0, 0.1) is 6.92 Å². The molecule has 0 aliphatic carbocycles. The molecule has 1 fully saturated rings. The largest absolute Gasteiger partial charge is 0.479 e. The van der Waals surface area contributed by atoms with Crippen LogP contribution < -0.4 is 0 Å². The van der Waals surface area contributed by atoms with Gasteiger partial charge in [0, 0.05) is 11.9 Å². The maximum absolute atomic E-state index is 12.4. The summed E-state index contributed by atoms with van der Waals surface area (Å²) in [5.74, 6) is -0.810. The molecule has 3 heterocycles. The molecule has 0 saturated carbocycles. The van der Waals surface area contributed by atoms with Crippen LogP contribution in [-0.4, -0.2) is 52.7 Å². The van der Waals surface area contributed by atoms with Gasteiger partial charge in [-0.2, -0.15) is 0 Å². The first-order valence-corrected chi connectivity index (χ1v) is 7.57. The number of carbonyl (C=O) groups excluding carboxylic acids is 1. The predicted molar refractivity (Wildman–Crippen MR) is 77.8 cm³/mol. The molecule has 2 aromatic rings. The molecule has 0 unspecified atom stereocenters. The lowest BCUT2D eigenvalue weighted by molar-refractivity contribution is -0.154. The molecule has 0 spiro atoms. The van der Waals surface area contributed by atoms with E-state index in [9.17, 15) is 9.59 Å². The van der Waals surface area contributed by atoms with Gasteiger partial charge in [-0.3, -0.25) is 4.79 Å². The van der Waals surface area contributed by atoms with Crippen LogP contribution in [0.25, 0.3) is 11.5 Å². The number of thiazole rings is 1. The van der Waals surface area contributed by atoms with Gasteiger partial charge in [-0.05, 0) is 13.0 Å². The van der Waals surface area contributed by atoms with Gasteiger partial charge in [0.15, 0.2) is 11.9 Å². The maximum atomic E-state index is 12.4. The van der Waals surface area contributed by atoms with E-state index >= 15 is 0 Å². The van der Waals surface area contributed by atoms with E-state index < -0.39 is 12.1 Å². The maximum Gasteiger partial charge on any atom is 0.334 e. The number of furan rings is 1. The summed E-state index contributed by atoms with van der Waals surface area (Å²) in [5, 5.41) is 11.7. The molecule has 0 aromatic carbocycles. The Hall–Kier alpha value is -2.19. The molecule has 2 aromatic heterocycles. The quantitative estimate of drug-likeness (QED) is 0.923. The minimum absolute atomic E-state index is 0.0322. The first-order chi connectivity index (χ1) is 10.5. The second kappa shape index (κ2) is 5.90. The zero-order valence-corrected chi connectivity index (χ0v) is 12.6. The van der Waals surface area contributed by atoms with Crippen molar-refractivity contribution in [3.63, 3.8) is 0 Å². The van der Waals surface area contributed by atoms with Crippen LogP contribution in [0.1, 0.15) is 15.4 Å². The fourth-order valence-corrected chi connectivity index (χ4v) is 2.83. The fraction of sp³-hybridized carbons (Fsp3) is 0.357. The highest BCUT2D eigenvalue weighted by Gasteiger charge is 2.30. The van der Waals surface area contributed by atoms with Gasteiger partial charge < -0.3 is 19.2 Å². The predicted octanol–water partition coefficient (Wildman–Crippen LogP) is 1.64. The third kappa shape index (κ3) is 2.88. The smallest absolute Gasteiger partial charge is 0.334 e. The number of carboxylic acid groups (broad SMARTS) is 1. The van der Waals surface area contributed by atoms with Crippen molar-refractivity contribution in [3.05, 3.63) is 28.3 Å². The first-order valence-electron chi connectivity index (χ1n) is 6.69. The van der Waals surface area contributed by atoms with Gasteiger partial charge in [0.05, 0.1) is 23.7 Å². The Kier molecular flexibility index (Phi) is 3.95. The molecule has 8 heteroatoms. The number of hydrogen-bond donors (Lipinski definition) is 1. The average molecular weight is 322 g/mol. The number of aromatic nitrogens is 1. The monoisotopic (exact) mass is 322 g/mol. The van der Waals surface area contributed by atoms with E-state index in [4.69, 9.17) is 14.3 Å². The zero-order valence-electron chi connectivity index (χ0n) is 11.8. The van der Waals surface area contributed by atoms with E-state index in [-0.39, 0.29) is 19.1 Å². The van der Waals surface area contributed by atoms with Crippen LogP contribution in [-0.2, 0) is 9.53 Å². The normalized spacial score (nSPS) is 18.4. The SMILES string of the molecule is Cc1nc(-c2cc(C(=O)N3CCO[C@@H](C(=O)O)C3)co2)cs1. The Morgan fingerprint density at radius 3 is 3.00 bits per heavy atom. The minimum atomic E-state index is -1.07. The Morgan fingerprint density at radius 1 is 1.50 bits per heavy atom. The lowest BCUT2D eigenvalue weighted by atomic mass is 10.2. The topological polar surface area (TPSA) is 92.9 Å². The number of ether oxygens (including phenoxy) is 1. The van der Waals surface area contributed by atoms with Crippen LogP contribution in [0.4, 0.5) is 0 Å². The van der Waals surface area contributed by atoms with E-state index in [0.29, 0.717) is 23.6 Å². The van der Waals surface area contributed by atoms with Crippen molar-refractivity contribution in [1.82, 2.24) is 9.88 Å². The lowest BCUT2D eigenvalue weighted by Crippen LogP contribution is -2.48. The van der Waals surface area contributed by atoms with E-state index in [1.54, 1.807) is 6.07 Å². The van der Waals surface area contributed by atoms with Crippen molar-refractivity contribution in [3.8, 4) is 11.5 Å².